The van der Waals surface area contributed by atoms with Crippen molar-refractivity contribution in [1.82, 2.24) is 10.2 Å². The topological polar surface area (TPSA) is 50.8 Å². The summed E-state index contributed by atoms with van der Waals surface area (Å²) in [5, 5.41) is 3.12. The predicted molar refractivity (Wildman–Crippen MR) is 101 cm³/mol. The van der Waals surface area contributed by atoms with E-state index in [0.717, 1.165) is 49.7 Å². The Morgan fingerprint density at radius 2 is 1.81 bits per heavy atom. The lowest BCUT2D eigenvalue weighted by molar-refractivity contribution is -0.124. The maximum atomic E-state index is 12.5. The van der Waals surface area contributed by atoms with E-state index >= 15 is 0 Å². The molecule has 1 atom stereocenters. The van der Waals surface area contributed by atoms with Crippen molar-refractivity contribution in [2.24, 2.45) is 0 Å². The quantitative estimate of drug-likeness (QED) is 0.830. The lowest BCUT2D eigenvalue weighted by Gasteiger charge is -2.31. The molecule has 0 spiro atoms. The highest BCUT2D eigenvalue weighted by atomic mass is 16.5. The predicted octanol–water partition coefficient (Wildman–Crippen LogP) is 2.56. The first-order valence-electron chi connectivity index (χ1n) is 9.05. The Morgan fingerprint density at radius 3 is 2.54 bits per heavy atom. The fourth-order valence-electron chi connectivity index (χ4n) is 3.06. The molecular formula is C21H26N2O3. The van der Waals surface area contributed by atoms with Crippen LogP contribution in [0.25, 0.3) is 0 Å². The molecule has 1 heterocycles. The van der Waals surface area contributed by atoms with Crippen LogP contribution >= 0.6 is 0 Å². The Morgan fingerprint density at radius 1 is 1.12 bits per heavy atom. The average molecular weight is 354 g/mol. The first-order chi connectivity index (χ1) is 12.7. The van der Waals surface area contributed by atoms with Gasteiger partial charge in [0.05, 0.1) is 19.3 Å². The molecule has 0 saturated carbocycles. The highest BCUT2D eigenvalue weighted by Gasteiger charge is 2.20. The van der Waals surface area contributed by atoms with E-state index in [1.165, 1.54) is 0 Å². The van der Waals surface area contributed by atoms with Gasteiger partial charge in [-0.05, 0) is 24.1 Å². The standard InChI is InChI=1S/C21H26N2O3/c1-17-7-5-6-10-20(17)26-16-21(24)22-19(18-8-3-2-4-9-18)15-23-11-13-25-14-12-23/h2-10,19H,11-16H2,1H3,(H,22,24)/t19-/m0/s1. The monoisotopic (exact) mass is 354 g/mol. The van der Waals surface area contributed by atoms with E-state index in [1.807, 2.05) is 61.5 Å². The molecular weight excluding hydrogens is 328 g/mol. The highest BCUT2D eigenvalue weighted by molar-refractivity contribution is 5.78. The molecule has 1 aliphatic heterocycles. The number of nitrogens with one attached hydrogen (secondary N) is 1. The number of hydrogen-bond donors (Lipinski definition) is 1. The maximum Gasteiger partial charge on any atom is 0.258 e. The third-order valence-electron chi connectivity index (χ3n) is 4.53. The van der Waals surface area contributed by atoms with Crippen LogP contribution in [0.15, 0.2) is 54.6 Å². The summed E-state index contributed by atoms with van der Waals surface area (Å²) in [6.45, 7) is 6.01. The molecule has 1 amide bonds. The van der Waals surface area contributed by atoms with Crippen molar-refractivity contribution in [3.05, 3.63) is 65.7 Å². The van der Waals surface area contributed by atoms with Crippen molar-refractivity contribution >= 4 is 5.91 Å². The van der Waals surface area contributed by atoms with Gasteiger partial charge in [0.25, 0.3) is 5.91 Å². The second-order valence-corrected chi connectivity index (χ2v) is 6.50. The summed E-state index contributed by atoms with van der Waals surface area (Å²) in [6, 6.07) is 17.7. The van der Waals surface area contributed by atoms with E-state index in [9.17, 15) is 4.79 Å². The first-order valence-corrected chi connectivity index (χ1v) is 9.05. The van der Waals surface area contributed by atoms with Crippen molar-refractivity contribution < 1.29 is 14.3 Å². The number of amides is 1. The molecule has 5 heteroatoms. The van der Waals surface area contributed by atoms with Crippen LogP contribution in [-0.4, -0.2) is 50.3 Å². The van der Waals surface area contributed by atoms with Gasteiger partial charge in [0.15, 0.2) is 6.61 Å². The number of carbonyl (C=O) groups is 1. The van der Waals surface area contributed by atoms with Crippen molar-refractivity contribution in [2.45, 2.75) is 13.0 Å². The lowest BCUT2D eigenvalue weighted by atomic mass is 10.1. The number of nitrogens with zero attached hydrogens (tertiary/aromatic N) is 1. The number of hydrogen-bond acceptors (Lipinski definition) is 4. The van der Waals surface area contributed by atoms with Crippen LogP contribution in [0.1, 0.15) is 17.2 Å². The fourth-order valence-corrected chi connectivity index (χ4v) is 3.06. The zero-order valence-corrected chi connectivity index (χ0v) is 15.2. The maximum absolute atomic E-state index is 12.5. The molecule has 1 saturated heterocycles. The third-order valence-corrected chi connectivity index (χ3v) is 4.53. The number of aryl methyl sites for hydroxylation is 1. The van der Waals surface area contributed by atoms with Crippen LogP contribution in [0.4, 0.5) is 0 Å². The third kappa shape index (κ3) is 5.31. The Labute approximate surface area is 154 Å². The molecule has 1 fully saturated rings. The van der Waals surface area contributed by atoms with Gasteiger partial charge in [-0.2, -0.15) is 0 Å². The van der Waals surface area contributed by atoms with Crippen molar-refractivity contribution in [2.75, 3.05) is 39.5 Å². The number of rotatable bonds is 7. The molecule has 26 heavy (non-hydrogen) atoms. The van der Waals surface area contributed by atoms with E-state index in [4.69, 9.17) is 9.47 Å². The van der Waals surface area contributed by atoms with Crippen LogP contribution in [0.2, 0.25) is 0 Å². The van der Waals surface area contributed by atoms with Gasteiger partial charge in [-0.1, -0.05) is 48.5 Å². The minimum Gasteiger partial charge on any atom is -0.484 e. The summed E-state index contributed by atoms with van der Waals surface area (Å²) in [6.07, 6.45) is 0. The highest BCUT2D eigenvalue weighted by Crippen LogP contribution is 2.17. The minimum atomic E-state index is -0.115. The van der Waals surface area contributed by atoms with Crippen molar-refractivity contribution in [3.63, 3.8) is 0 Å². The van der Waals surface area contributed by atoms with E-state index in [1.54, 1.807) is 0 Å². The normalized spacial score (nSPS) is 16.0. The van der Waals surface area contributed by atoms with Gasteiger partial charge in [-0.15, -0.1) is 0 Å². The van der Waals surface area contributed by atoms with Gasteiger partial charge in [0.2, 0.25) is 0 Å². The molecule has 2 aromatic carbocycles. The molecule has 1 N–H and O–H groups in total. The summed E-state index contributed by atoms with van der Waals surface area (Å²) in [4.78, 5) is 14.8. The fraction of sp³-hybridized carbons (Fsp3) is 0.381. The van der Waals surface area contributed by atoms with Gasteiger partial charge < -0.3 is 14.8 Å². The Hall–Kier alpha value is -2.37. The average Bonchev–Trinajstić information content (AvgIpc) is 2.68. The number of benzene rings is 2. The lowest BCUT2D eigenvalue weighted by Crippen LogP contribution is -2.44. The molecule has 0 bridgehead atoms. The van der Waals surface area contributed by atoms with Gasteiger partial charge in [0.1, 0.15) is 5.75 Å². The largest absolute Gasteiger partial charge is 0.484 e. The molecule has 0 aromatic heterocycles. The summed E-state index contributed by atoms with van der Waals surface area (Å²) >= 11 is 0. The molecule has 3 rings (SSSR count). The molecule has 0 aliphatic carbocycles. The summed E-state index contributed by atoms with van der Waals surface area (Å²) in [5.74, 6) is 0.627. The SMILES string of the molecule is Cc1ccccc1OCC(=O)N[C@@H](CN1CCOCC1)c1ccccc1. The number of para-hydroxylation sites is 1. The number of carbonyl (C=O) groups excluding carboxylic acids is 1. The Kier molecular flexibility index (Phi) is 6.63. The van der Waals surface area contributed by atoms with Crippen LogP contribution in [0, 0.1) is 6.92 Å². The number of morpholine rings is 1. The van der Waals surface area contributed by atoms with E-state index in [2.05, 4.69) is 10.2 Å². The zero-order chi connectivity index (χ0) is 18.2. The molecule has 1 aliphatic rings. The second-order valence-electron chi connectivity index (χ2n) is 6.50. The van der Waals surface area contributed by atoms with Crippen LogP contribution in [-0.2, 0) is 9.53 Å². The van der Waals surface area contributed by atoms with Crippen molar-refractivity contribution in [3.8, 4) is 5.75 Å². The Bertz CT molecular complexity index is 699. The van der Waals surface area contributed by atoms with Gasteiger partial charge in [-0.25, -0.2) is 0 Å². The second kappa shape index (κ2) is 9.36. The van der Waals surface area contributed by atoms with Crippen LogP contribution < -0.4 is 10.1 Å². The molecule has 138 valence electrons. The van der Waals surface area contributed by atoms with Gasteiger partial charge in [0, 0.05) is 19.6 Å². The van der Waals surface area contributed by atoms with Crippen LogP contribution in [0.3, 0.4) is 0 Å². The first kappa shape index (κ1) is 18.4. The number of ether oxygens (including phenoxy) is 2. The zero-order valence-electron chi connectivity index (χ0n) is 15.2. The summed E-state index contributed by atoms with van der Waals surface area (Å²) < 4.78 is 11.1. The minimum absolute atomic E-state index is 0.0112. The summed E-state index contributed by atoms with van der Waals surface area (Å²) in [7, 11) is 0. The Balaban J connectivity index is 1.61. The molecule has 2 aromatic rings. The van der Waals surface area contributed by atoms with E-state index < -0.39 is 0 Å². The molecule has 0 unspecified atom stereocenters. The smallest absolute Gasteiger partial charge is 0.258 e. The van der Waals surface area contributed by atoms with Gasteiger partial charge in [-0.3, -0.25) is 9.69 Å². The summed E-state index contributed by atoms with van der Waals surface area (Å²) in [5.41, 5.74) is 2.12. The molecule has 5 nitrogen and oxygen atoms in total. The van der Waals surface area contributed by atoms with Crippen LogP contribution in [0.5, 0.6) is 5.75 Å². The van der Waals surface area contributed by atoms with Gasteiger partial charge >= 0.3 is 0 Å². The van der Waals surface area contributed by atoms with E-state index in [-0.39, 0.29) is 18.6 Å². The molecule has 0 radical (unpaired) electrons. The van der Waals surface area contributed by atoms with E-state index in [0.29, 0.717) is 0 Å². The van der Waals surface area contributed by atoms with Crippen molar-refractivity contribution in [1.29, 1.82) is 0 Å².